The molecule has 0 atom stereocenters. The summed E-state index contributed by atoms with van der Waals surface area (Å²) in [7, 11) is 0. The Labute approximate surface area is 121 Å². The van der Waals surface area contributed by atoms with Crippen molar-refractivity contribution in [3.63, 3.8) is 0 Å². The highest BCUT2D eigenvalue weighted by molar-refractivity contribution is 9.10. The van der Waals surface area contributed by atoms with Crippen LogP contribution in [0.1, 0.15) is 12.0 Å². The lowest BCUT2D eigenvalue weighted by Gasteiger charge is -2.24. The molecular weight excluding hydrogens is 304 g/mol. The van der Waals surface area contributed by atoms with Crippen molar-refractivity contribution in [2.45, 2.75) is 13.3 Å². The van der Waals surface area contributed by atoms with Crippen LogP contribution in [0, 0.1) is 6.92 Å². The van der Waals surface area contributed by atoms with Crippen LogP contribution in [0.15, 0.2) is 41.3 Å². The third-order valence-electron chi connectivity index (χ3n) is 2.84. The molecule has 2 rings (SSSR count). The van der Waals surface area contributed by atoms with E-state index in [9.17, 15) is 0 Å². The van der Waals surface area contributed by atoms with Crippen LogP contribution in [0.2, 0.25) is 0 Å². The van der Waals surface area contributed by atoms with Gasteiger partial charge in [0.15, 0.2) is 5.82 Å². The van der Waals surface area contributed by atoms with Gasteiger partial charge in [0.05, 0.1) is 4.47 Å². The molecule has 0 unspecified atom stereocenters. The van der Waals surface area contributed by atoms with Crippen LogP contribution in [0.3, 0.4) is 0 Å². The fourth-order valence-electron chi connectivity index (χ4n) is 1.84. The van der Waals surface area contributed by atoms with E-state index < -0.39 is 0 Å². The Balaban J connectivity index is 2.35. The molecule has 0 radical (unpaired) electrons. The molecule has 0 aliphatic rings. The number of nitrogens with two attached hydrogens (primary N) is 1. The van der Waals surface area contributed by atoms with Crippen LogP contribution >= 0.6 is 15.9 Å². The summed E-state index contributed by atoms with van der Waals surface area (Å²) in [5.41, 5.74) is 7.97. The van der Waals surface area contributed by atoms with Crippen molar-refractivity contribution in [1.82, 2.24) is 9.97 Å². The summed E-state index contributed by atoms with van der Waals surface area (Å²) in [4.78, 5) is 10.5. The number of hydrogen-bond acceptors (Lipinski definition) is 4. The van der Waals surface area contributed by atoms with Crippen LogP contribution in [-0.2, 0) is 0 Å². The van der Waals surface area contributed by atoms with Gasteiger partial charge in [-0.2, -0.15) is 0 Å². The maximum atomic E-state index is 5.62. The number of aromatic nitrogens is 2. The van der Waals surface area contributed by atoms with Gasteiger partial charge in [-0.15, -0.1) is 0 Å². The molecule has 5 heteroatoms. The maximum Gasteiger partial charge on any atom is 0.150 e. The van der Waals surface area contributed by atoms with Crippen LogP contribution in [-0.4, -0.2) is 23.1 Å². The zero-order valence-corrected chi connectivity index (χ0v) is 12.5. The minimum Gasteiger partial charge on any atom is -0.330 e. The fourth-order valence-corrected chi connectivity index (χ4v) is 2.27. The van der Waals surface area contributed by atoms with Gasteiger partial charge in [-0.1, -0.05) is 17.7 Å². The number of rotatable bonds is 5. The molecule has 0 bridgehead atoms. The molecule has 4 nitrogen and oxygen atoms in total. The molecule has 0 aliphatic heterocycles. The van der Waals surface area contributed by atoms with Gasteiger partial charge in [0.2, 0.25) is 0 Å². The average molecular weight is 321 g/mol. The smallest absolute Gasteiger partial charge is 0.150 e. The van der Waals surface area contributed by atoms with E-state index in [1.807, 2.05) is 0 Å². The van der Waals surface area contributed by atoms with E-state index in [1.54, 1.807) is 12.5 Å². The third kappa shape index (κ3) is 3.52. The predicted molar refractivity (Wildman–Crippen MR) is 81.6 cm³/mol. The molecule has 2 N–H and O–H groups in total. The Hall–Kier alpha value is -1.46. The Kier molecular flexibility index (Phi) is 4.87. The van der Waals surface area contributed by atoms with Gasteiger partial charge in [-0.3, -0.25) is 0 Å². The van der Waals surface area contributed by atoms with Gasteiger partial charge in [0.1, 0.15) is 6.33 Å². The largest absolute Gasteiger partial charge is 0.330 e. The van der Waals surface area contributed by atoms with E-state index in [0.29, 0.717) is 6.54 Å². The Morgan fingerprint density at radius 2 is 2.00 bits per heavy atom. The predicted octanol–water partition coefficient (Wildman–Crippen LogP) is 3.03. The van der Waals surface area contributed by atoms with Crippen molar-refractivity contribution in [3.05, 3.63) is 46.8 Å². The molecule has 19 heavy (non-hydrogen) atoms. The summed E-state index contributed by atoms with van der Waals surface area (Å²) in [6.45, 7) is 3.56. The lowest BCUT2D eigenvalue weighted by atomic mass is 10.2. The summed E-state index contributed by atoms with van der Waals surface area (Å²) in [6, 6.07) is 8.39. The summed E-state index contributed by atoms with van der Waals surface area (Å²) in [5.74, 6) is 0.868. The van der Waals surface area contributed by atoms with E-state index in [1.165, 1.54) is 5.56 Å². The monoisotopic (exact) mass is 320 g/mol. The summed E-state index contributed by atoms with van der Waals surface area (Å²) in [6.07, 6.45) is 4.22. The molecule has 0 aliphatic carbocycles. The summed E-state index contributed by atoms with van der Waals surface area (Å²) >= 11 is 3.50. The van der Waals surface area contributed by atoms with E-state index in [2.05, 4.69) is 62.0 Å². The van der Waals surface area contributed by atoms with Crippen LogP contribution in [0.5, 0.6) is 0 Å². The number of nitrogens with zero attached hydrogens (tertiary/aromatic N) is 3. The van der Waals surface area contributed by atoms with E-state index in [0.717, 1.165) is 28.9 Å². The van der Waals surface area contributed by atoms with Gasteiger partial charge in [0.25, 0.3) is 0 Å². The van der Waals surface area contributed by atoms with Crippen LogP contribution in [0.25, 0.3) is 0 Å². The molecule has 0 amide bonds. The molecular formula is C14H17BrN4. The van der Waals surface area contributed by atoms with E-state index >= 15 is 0 Å². The molecule has 1 aromatic heterocycles. The highest BCUT2D eigenvalue weighted by Gasteiger charge is 2.13. The first-order chi connectivity index (χ1) is 9.22. The first-order valence-corrected chi connectivity index (χ1v) is 7.01. The van der Waals surface area contributed by atoms with Gasteiger partial charge >= 0.3 is 0 Å². The second-order valence-corrected chi connectivity index (χ2v) is 5.18. The van der Waals surface area contributed by atoms with Gasteiger partial charge in [-0.05, 0) is 48.0 Å². The molecule has 1 aromatic carbocycles. The number of aryl methyl sites for hydroxylation is 1. The lowest BCUT2D eigenvalue weighted by Crippen LogP contribution is -2.22. The van der Waals surface area contributed by atoms with Crippen molar-refractivity contribution in [2.75, 3.05) is 18.0 Å². The summed E-state index contributed by atoms with van der Waals surface area (Å²) in [5, 5.41) is 0. The fraction of sp³-hybridized carbons (Fsp3) is 0.286. The van der Waals surface area contributed by atoms with Crippen molar-refractivity contribution in [2.24, 2.45) is 5.73 Å². The van der Waals surface area contributed by atoms with E-state index in [4.69, 9.17) is 5.73 Å². The molecule has 1 heterocycles. The Morgan fingerprint density at radius 1 is 1.26 bits per heavy atom. The maximum absolute atomic E-state index is 5.62. The van der Waals surface area contributed by atoms with Gasteiger partial charge in [-0.25, -0.2) is 9.97 Å². The molecule has 0 saturated carbocycles. The zero-order chi connectivity index (χ0) is 13.7. The van der Waals surface area contributed by atoms with Gasteiger partial charge in [0, 0.05) is 18.4 Å². The first kappa shape index (κ1) is 14.0. The van der Waals surface area contributed by atoms with Gasteiger partial charge < -0.3 is 10.6 Å². The third-order valence-corrected chi connectivity index (χ3v) is 3.39. The molecule has 0 fully saturated rings. The minimum atomic E-state index is 0.658. The van der Waals surface area contributed by atoms with Crippen LogP contribution < -0.4 is 10.6 Å². The van der Waals surface area contributed by atoms with Crippen LogP contribution in [0.4, 0.5) is 11.5 Å². The Bertz CT molecular complexity index is 527. The number of anilines is 2. The molecule has 2 aromatic rings. The average Bonchev–Trinajstić information content (AvgIpc) is 2.43. The normalized spacial score (nSPS) is 10.5. The molecule has 0 saturated heterocycles. The van der Waals surface area contributed by atoms with Crippen molar-refractivity contribution in [3.8, 4) is 0 Å². The SMILES string of the molecule is Cc1ccc(N(CCCN)c2ncncc2Br)cc1. The standard InChI is InChI=1S/C14H17BrN4/c1-11-3-5-12(6-4-11)19(8-2-7-16)14-13(15)9-17-10-18-14/h3-6,9-10H,2,7-8,16H2,1H3. The first-order valence-electron chi connectivity index (χ1n) is 6.22. The van der Waals surface area contributed by atoms with Crippen molar-refractivity contribution in [1.29, 1.82) is 0 Å². The minimum absolute atomic E-state index is 0.658. The second-order valence-electron chi connectivity index (χ2n) is 4.32. The summed E-state index contributed by atoms with van der Waals surface area (Å²) < 4.78 is 0.882. The topological polar surface area (TPSA) is 55.0 Å². The molecule has 100 valence electrons. The highest BCUT2D eigenvalue weighted by atomic mass is 79.9. The van der Waals surface area contributed by atoms with E-state index in [-0.39, 0.29) is 0 Å². The number of hydrogen-bond donors (Lipinski definition) is 1. The molecule has 0 spiro atoms. The van der Waals surface area contributed by atoms with Crippen molar-refractivity contribution < 1.29 is 0 Å². The number of halogens is 1. The second kappa shape index (κ2) is 6.63. The lowest BCUT2D eigenvalue weighted by molar-refractivity contribution is 0.806. The number of benzene rings is 1. The highest BCUT2D eigenvalue weighted by Crippen LogP contribution is 2.29. The Morgan fingerprint density at radius 3 is 2.63 bits per heavy atom. The quantitative estimate of drug-likeness (QED) is 0.920. The van der Waals surface area contributed by atoms with Crippen molar-refractivity contribution >= 4 is 27.4 Å². The zero-order valence-electron chi connectivity index (χ0n) is 10.9.